The summed E-state index contributed by atoms with van der Waals surface area (Å²) in [6, 6.07) is 4.18. The Balaban J connectivity index is 1.98. The summed E-state index contributed by atoms with van der Waals surface area (Å²) < 4.78 is 66.9. The first-order valence-corrected chi connectivity index (χ1v) is 12.8. The van der Waals surface area contributed by atoms with Crippen molar-refractivity contribution in [3.05, 3.63) is 46.5 Å². The Morgan fingerprint density at radius 1 is 0.848 bits per heavy atom. The van der Waals surface area contributed by atoms with Crippen LogP contribution in [0.15, 0.2) is 34.1 Å². The molecule has 0 amide bonds. The number of ketones is 2. The molecule has 33 heavy (non-hydrogen) atoms. The van der Waals surface area contributed by atoms with E-state index in [1.165, 1.54) is 12.1 Å². The molecule has 0 bridgehead atoms. The Morgan fingerprint density at radius 3 is 2.03 bits per heavy atom. The number of anilines is 2. The zero-order valence-corrected chi connectivity index (χ0v) is 18.7. The van der Waals surface area contributed by atoms with Crippen LogP contribution in [0, 0.1) is 0 Å². The molecule has 0 saturated heterocycles. The summed E-state index contributed by atoms with van der Waals surface area (Å²) in [5.74, 6) is -1.85. The molecule has 7 N–H and O–H groups in total. The van der Waals surface area contributed by atoms with Crippen LogP contribution in [-0.2, 0) is 20.2 Å². The highest BCUT2D eigenvalue weighted by molar-refractivity contribution is 7.86. The lowest BCUT2D eigenvalue weighted by Crippen LogP contribution is -2.34. The zero-order chi connectivity index (χ0) is 24.3. The molecule has 4 rings (SSSR count). The third kappa shape index (κ3) is 4.02. The van der Waals surface area contributed by atoms with Crippen molar-refractivity contribution in [1.29, 1.82) is 0 Å². The molecule has 2 aliphatic carbocycles. The van der Waals surface area contributed by atoms with Gasteiger partial charge in [0.05, 0.1) is 22.4 Å². The molecular formula is C20H21N3O8S2. The van der Waals surface area contributed by atoms with E-state index in [9.17, 15) is 35.5 Å². The van der Waals surface area contributed by atoms with Crippen LogP contribution in [0.1, 0.15) is 57.5 Å². The number of rotatable bonds is 4. The molecule has 1 fully saturated rings. The SMILES string of the molecule is Nc1c(S(=O)(=O)O)cc(NC2CCC(N)CC2)c2c1C(=O)c1c(cccc1S(=O)(=O)O)C2=O. The van der Waals surface area contributed by atoms with Crippen LogP contribution < -0.4 is 16.8 Å². The van der Waals surface area contributed by atoms with E-state index in [1.807, 2.05) is 0 Å². The number of nitrogens with two attached hydrogens (primary N) is 2. The number of hydrogen-bond donors (Lipinski definition) is 5. The molecule has 2 aromatic carbocycles. The van der Waals surface area contributed by atoms with Crippen molar-refractivity contribution in [1.82, 2.24) is 0 Å². The van der Waals surface area contributed by atoms with Gasteiger partial charge >= 0.3 is 0 Å². The van der Waals surface area contributed by atoms with Gasteiger partial charge in [-0.05, 0) is 37.8 Å². The van der Waals surface area contributed by atoms with Crippen LogP contribution in [0.3, 0.4) is 0 Å². The normalized spacial score (nSPS) is 20.8. The summed E-state index contributed by atoms with van der Waals surface area (Å²) in [5, 5.41) is 3.07. The minimum Gasteiger partial charge on any atom is -0.397 e. The molecule has 0 aliphatic heterocycles. The largest absolute Gasteiger partial charge is 0.397 e. The van der Waals surface area contributed by atoms with Gasteiger partial charge < -0.3 is 16.8 Å². The van der Waals surface area contributed by atoms with Gasteiger partial charge in [0.15, 0.2) is 11.6 Å². The Hall–Kier alpha value is -2.84. The molecule has 0 unspecified atom stereocenters. The number of nitrogen functional groups attached to an aromatic ring is 1. The summed E-state index contributed by atoms with van der Waals surface area (Å²) in [6.45, 7) is 0. The summed E-state index contributed by atoms with van der Waals surface area (Å²) in [7, 11) is -9.81. The van der Waals surface area contributed by atoms with Crippen LogP contribution >= 0.6 is 0 Å². The first kappa shape index (κ1) is 23.3. The third-order valence-corrected chi connectivity index (χ3v) is 7.76. The van der Waals surface area contributed by atoms with Crippen LogP contribution in [0.25, 0.3) is 0 Å². The van der Waals surface area contributed by atoms with Crippen molar-refractivity contribution in [3.8, 4) is 0 Å². The quantitative estimate of drug-likeness (QED) is 0.257. The fraction of sp³-hybridized carbons (Fsp3) is 0.300. The molecule has 0 aromatic heterocycles. The van der Waals surface area contributed by atoms with Gasteiger partial charge in [-0.2, -0.15) is 16.8 Å². The fourth-order valence-corrected chi connectivity index (χ4v) is 5.74. The standard InChI is InChI=1S/C20H21N3O8S2/c21-9-4-6-10(7-5-9)23-12-8-14(33(29,30)31)18(22)17-16(12)19(24)11-2-1-3-13(32(26,27)28)15(11)20(17)25/h1-3,8-10,23H,4-7,21-22H2,(H,26,27,28)(H,29,30,31). The highest BCUT2D eigenvalue weighted by Crippen LogP contribution is 2.41. The monoisotopic (exact) mass is 495 g/mol. The van der Waals surface area contributed by atoms with Crippen LogP contribution in [0.2, 0.25) is 0 Å². The van der Waals surface area contributed by atoms with E-state index in [-0.39, 0.29) is 28.9 Å². The molecule has 13 heteroatoms. The first-order valence-electron chi connectivity index (χ1n) is 9.96. The second-order valence-corrected chi connectivity index (χ2v) is 10.9. The predicted molar refractivity (Wildman–Crippen MR) is 118 cm³/mol. The molecule has 11 nitrogen and oxygen atoms in total. The summed E-state index contributed by atoms with van der Waals surface area (Å²) in [4.78, 5) is 25.2. The second kappa shape index (κ2) is 7.88. The van der Waals surface area contributed by atoms with Gasteiger partial charge in [0.2, 0.25) is 0 Å². The fourth-order valence-electron chi connectivity index (χ4n) is 4.39. The maximum absolute atomic E-state index is 13.4. The van der Waals surface area contributed by atoms with Crippen LogP contribution in [0.4, 0.5) is 11.4 Å². The smallest absolute Gasteiger partial charge is 0.296 e. The molecule has 0 heterocycles. The van der Waals surface area contributed by atoms with E-state index in [2.05, 4.69) is 5.32 Å². The first-order chi connectivity index (χ1) is 15.3. The summed E-state index contributed by atoms with van der Waals surface area (Å²) in [5.41, 5.74) is 9.40. The average molecular weight is 496 g/mol. The van der Waals surface area contributed by atoms with Gasteiger partial charge in [0.1, 0.15) is 9.79 Å². The van der Waals surface area contributed by atoms with Gasteiger partial charge in [0.25, 0.3) is 20.2 Å². The van der Waals surface area contributed by atoms with Crippen molar-refractivity contribution in [2.75, 3.05) is 11.1 Å². The molecule has 176 valence electrons. The minimum absolute atomic E-state index is 0.0192. The Labute approximate surface area is 189 Å². The topological polar surface area (TPSA) is 207 Å². The van der Waals surface area contributed by atoms with Crippen molar-refractivity contribution in [2.45, 2.75) is 47.6 Å². The Morgan fingerprint density at radius 2 is 1.45 bits per heavy atom. The van der Waals surface area contributed by atoms with Crippen LogP contribution in [0.5, 0.6) is 0 Å². The van der Waals surface area contributed by atoms with Crippen molar-refractivity contribution >= 4 is 43.2 Å². The molecule has 0 radical (unpaired) electrons. The molecular weight excluding hydrogens is 474 g/mol. The minimum atomic E-state index is -4.91. The van der Waals surface area contributed by atoms with Gasteiger partial charge in [-0.3, -0.25) is 18.7 Å². The van der Waals surface area contributed by atoms with Crippen LogP contribution in [-0.4, -0.2) is 49.6 Å². The lowest BCUT2D eigenvalue weighted by molar-refractivity contribution is 0.0977. The lowest BCUT2D eigenvalue weighted by atomic mass is 9.82. The van der Waals surface area contributed by atoms with E-state index in [0.29, 0.717) is 25.7 Å². The summed E-state index contributed by atoms with van der Waals surface area (Å²) in [6.07, 6.45) is 2.61. The third-order valence-electron chi connectivity index (χ3n) is 5.97. The zero-order valence-electron chi connectivity index (χ0n) is 17.1. The van der Waals surface area contributed by atoms with Crippen molar-refractivity contribution in [3.63, 3.8) is 0 Å². The lowest BCUT2D eigenvalue weighted by Gasteiger charge is -2.30. The van der Waals surface area contributed by atoms with E-state index < -0.39 is 58.4 Å². The molecule has 2 aromatic rings. The number of benzene rings is 2. The highest BCUT2D eigenvalue weighted by atomic mass is 32.2. The Bertz CT molecular complexity index is 1410. The van der Waals surface area contributed by atoms with Gasteiger partial charge in [-0.15, -0.1) is 0 Å². The molecule has 0 spiro atoms. The van der Waals surface area contributed by atoms with Crippen molar-refractivity contribution < 1.29 is 35.5 Å². The maximum Gasteiger partial charge on any atom is 0.296 e. The van der Waals surface area contributed by atoms with Gasteiger partial charge in [-0.25, -0.2) is 0 Å². The summed E-state index contributed by atoms with van der Waals surface area (Å²) >= 11 is 0. The van der Waals surface area contributed by atoms with E-state index >= 15 is 0 Å². The molecule has 2 aliphatic rings. The number of nitrogens with one attached hydrogen (secondary N) is 1. The van der Waals surface area contributed by atoms with E-state index in [0.717, 1.165) is 12.1 Å². The highest BCUT2D eigenvalue weighted by Gasteiger charge is 2.40. The van der Waals surface area contributed by atoms with Gasteiger partial charge in [-0.1, -0.05) is 12.1 Å². The predicted octanol–water partition coefficient (Wildman–Crippen LogP) is 1.22. The Kier molecular flexibility index (Phi) is 5.57. The molecule has 1 saturated carbocycles. The number of fused-ring (bicyclic) bond motifs is 2. The number of carbonyl (C=O) groups excluding carboxylic acids is 2. The van der Waals surface area contributed by atoms with Gasteiger partial charge in [0, 0.05) is 23.3 Å². The average Bonchev–Trinajstić information content (AvgIpc) is 2.72. The second-order valence-electron chi connectivity index (χ2n) is 8.13. The maximum atomic E-state index is 13.4. The number of carbonyl (C=O) groups is 2. The van der Waals surface area contributed by atoms with Crippen molar-refractivity contribution in [2.24, 2.45) is 5.73 Å². The van der Waals surface area contributed by atoms with E-state index in [1.54, 1.807) is 0 Å². The molecule has 0 atom stereocenters. The van der Waals surface area contributed by atoms with E-state index in [4.69, 9.17) is 11.5 Å². The number of hydrogen-bond acceptors (Lipinski definition) is 9.